The fourth-order valence-corrected chi connectivity index (χ4v) is 1.79. The molecule has 0 radical (unpaired) electrons. The molecule has 1 aromatic heterocycles. The number of methoxy groups -OCH3 is 1. The zero-order chi connectivity index (χ0) is 13.7. The third-order valence-electron chi connectivity index (χ3n) is 3.00. The van der Waals surface area contributed by atoms with E-state index in [1.165, 1.54) is 0 Å². The van der Waals surface area contributed by atoms with E-state index in [0.717, 1.165) is 18.5 Å². The fourth-order valence-electron chi connectivity index (χ4n) is 1.79. The van der Waals surface area contributed by atoms with E-state index >= 15 is 0 Å². The van der Waals surface area contributed by atoms with Crippen molar-refractivity contribution in [2.45, 2.75) is 18.8 Å². The molecular formula is C12H20N4O3. The highest BCUT2D eigenvalue weighted by Crippen LogP contribution is 2.42. The number of aromatic nitrogens is 2. The number of hydrogen-bond donors (Lipinski definition) is 3. The van der Waals surface area contributed by atoms with Gasteiger partial charge in [-0.1, -0.05) is 0 Å². The summed E-state index contributed by atoms with van der Waals surface area (Å²) in [6.45, 7) is 1.93. The van der Waals surface area contributed by atoms with E-state index in [-0.39, 0.29) is 11.6 Å². The highest BCUT2D eigenvalue weighted by molar-refractivity contribution is 5.97. The predicted molar refractivity (Wildman–Crippen MR) is 70.0 cm³/mol. The number of nitrogens with one attached hydrogen (secondary N) is 2. The number of nitrogen functional groups attached to an aromatic ring is 1. The van der Waals surface area contributed by atoms with Gasteiger partial charge in [0.25, 0.3) is 5.91 Å². The van der Waals surface area contributed by atoms with Crippen LogP contribution in [0, 0.1) is 0 Å². The average Bonchev–Trinajstić information content (AvgIpc) is 3.17. The van der Waals surface area contributed by atoms with E-state index in [4.69, 9.17) is 15.2 Å². The Kier molecular flexibility index (Phi) is 4.75. The van der Waals surface area contributed by atoms with Gasteiger partial charge in [0.1, 0.15) is 0 Å². The number of nitrogens with zero attached hydrogens (tertiary/aromatic N) is 1. The third-order valence-corrected chi connectivity index (χ3v) is 3.00. The summed E-state index contributed by atoms with van der Waals surface area (Å²) < 4.78 is 10.1. The second kappa shape index (κ2) is 6.53. The van der Waals surface area contributed by atoms with Crippen LogP contribution in [-0.2, 0) is 9.47 Å². The van der Waals surface area contributed by atoms with Crippen molar-refractivity contribution in [2.75, 3.05) is 39.2 Å². The van der Waals surface area contributed by atoms with Gasteiger partial charge in [-0.25, -0.2) is 0 Å². The smallest absolute Gasteiger partial charge is 0.274 e. The molecule has 1 aromatic rings. The molecule has 1 aliphatic rings. The lowest BCUT2D eigenvalue weighted by molar-refractivity contribution is 0.0692. The zero-order valence-electron chi connectivity index (χ0n) is 11.1. The minimum absolute atomic E-state index is 0.268. The van der Waals surface area contributed by atoms with Crippen LogP contribution < -0.4 is 11.1 Å². The van der Waals surface area contributed by atoms with Crippen molar-refractivity contribution in [3.63, 3.8) is 0 Å². The molecule has 0 atom stereocenters. The highest BCUT2D eigenvalue weighted by Gasteiger charge is 2.30. The van der Waals surface area contributed by atoms with Gasteiger partial charge >= 0.3 is 0 Å². The lowest BCUT2D eigenvalue weighted by Gasteiger charge is -2.05. The average molecular weight is 268 g/mol. The Balaban J connectivity index is 1.73. The van der Waals surface area contributed by atoms with Gasteiger partial charge in [-0.05, 0) is 12.8 Å². The van der Waals surface area contributed by atoms with E-state index in [0.29, 0.717) is 38.0 Å². The number of carbonyl (C=O) groups is 1. The van der Waals surface area contributed by atoms with Crippen LogP contribution in [0.2, 0.25) is 0 Å². The van der Waals surface area contributed by atoms with Gasteiger partial charge in [0.05, 0.1) is 31.2 Å². The molecule has 1 saturated carbocycles. The summed E-state index contributed by atoms with van der Waals surface area (Å²) >= 11 is 0. The number of carbonyl (C=O) groups excluding carboxylic acids is 1. The molecule has 1 aliphatic carbocycles. The van der Waals surface area contributed by atoms with Crippen LogP contribution in [0.3, 0.4) is 0 Å². The van der Waals surface area contributed by atoms with Gasteiger partial charge in [0.15, 0.2) is 5.69 Å². The standard InChI is InChI=1S/C12H20N4O3/c1-18-6-7-19-5-4-14-12(17)11-9(13)10(15-16-11)8-2-3-8/h8H,2-7,13H2,1H3,(H,14,17)(H,15,16). The van der Waals surface area contributed by atoms with Crippen molar-refractivity contribution in [1.82, 2.24) is 15.5 Å². The quantitative estimate of drug-likeness (QED) is 0.587. The monoisotopic (exact) mass is 268 g/mol. The second-order valence-corrected chi connectivity index (χ2v) is 4.53. The molecule has 4 N–H and O–H groups in total. The molecule has 0 aliphatic heterocycles. The van der Waals surface area contributed by atoms with Crippen LogP contribution in [0.25, 0.3) is 0 Å². The largest absolute Gasteiger partial charge is 0.395 e. The topological polar surface area (TPSA) is 102 Å². The Morgan fingerprint density at radius 2 is 2.26 bits per heavy atom. The maximum atomic E-state index is 11.9. The summed E-state index contributed by atoms with van der Waals surface area (Å²) in [6, 6.07) is 0. The second-order valence-electron chi connectivity index (χ2n) is 4.53. The van der Waals surface area contributed by atoms with E-state index in [1.807, 2.05) is 0 Å². The first-order chi connectivity index (χ1) is 9.24. The predicted octanol–water partition coefficient (Wildman–Crippen LogP) is 0.262. The summed E-state index contributed by atoms with van der Waals surface area (Å²) in [7, 11) is 1.61. The number of rotatable bonds is 8. The fraction of sp³-hybridized carbons (Fsp3) is 0.667. The minimum Gasteiger partial charge on any atom is -0.395 e. The molecule has 0 saturated heterocycles. The first kappa shape index (κ1) is 13.8. The van der Waals surface area contributed by atoms with E-state index < -0.39 is 0 Å². The number of aromatic amines is 1. The van der Waals surface area contributed by atoms with Gasteiger partial charge in [-0.2, -0.15) is 5.10 Å². The summed E-state index contributed by atoms with van der Waals surface area (Å²) in [6.07, 6.45) is 2.22. The summed E-state index contributed by atoms with van der Waals surface area (Å²) in [5, 5.41) is 9.56. The van der Waals surface area contributed by atoms with Crippen LogP contribution in [0.5, 0.6) is 0 Å². The van der Waals surface area contributed by atoms with Crippen molar-refractivity contribution in [3.05, 3.63) is 11.4 Å². The van der Waals surface area contributed by atoms with Gasteiger partial charge in [0.2, 0.25) is 0 Å². The van der Waals surface area contributed by atoms with Gasteiger partial charge < -0.3 is 20.5 Å². The summed E-state index contributed by atoms with van der Waals surface area (Å²) in [4.78, 5) is 11.9. The van der Waals surface area contributed by atoms with Crippen LogP contribution in [-0.4, -0.2) is 49.6 Å². The molecule has 7 nitrogen and oxygen atoms in total. The molecular weight excluding hydrogens is 248 g/mol. The minimum atomic E-state index is -0.268. The van der Waals surface area contributed by atoms with Gasteiger partial charge in [-0.15, -0.1) is 0 Å². The van der Waals surface area contributed by atoms with Crippen LogP contribution in [0.15, 0.2) is 0 Å². The molecule has 2 rings (SSSR count). The number of hydrogen-bond acceptors (Lipinski definition) is 5. The maximum Gasteiger partial charge on any atom is 0.274 e. The van der Waals surface area contributed by atoms with Crippen molar-refractivity contribution in [1.29, 1.82) is 0 Å². The van der Waals surface area contributed by atoms with Gasteiger partial charge in [0, 0.05) is 19.6 Å². The highest BCUT2D eigenvalue weighted by atomic mass is 16.5. The lowest BCUT2D eigenvalue weighted by atomic mass is 10.2. The Morgan fingerprint density at radius 3 is 2.95 bits per heavy atom. The Morgan fingerprint density at radius 1 is 1.47 bits per heavy atom. The Bertz CT molecular complexity index is 429. The first-order valence-electron chi connectivity index (χ1n) is 6.42. The van der Waals surface area contributed by atoms with Crippen LogP contribution >= 0.6 is 0 Å². The van der Waals surface area contributed by atoms with Crippen molar-refractivity contribution >= 4 is 11.6 Å². The first-order valence-corrected chi connectivity index (χ1v) is 6.42. The summed E-state index contributed by atoms with van der Waals surface area (Å²) in [5.74, 6) is 0.183. The van der Waals surface area contributed by atoms with Crippen molar-refractivity contribution in [2.24, 2.45) is 0 Å². The van der Waals surface area contributed by atoms with Crippen LogP contribution in [0.4, 0.5) is 5.69 Å². The molecule has 1 fully saturated rings. The van der Waals surface area contributed by atoms with Gasteiger partial charge in [-0.3, -0.25) is 9.89 Å². The number of amides is 1. The number of ether oxygens (including phenoxy) is 2. The Labute approximate surface area is 111 Å². The third kappa shape index (κ3) is 3.68. The molecule has 7 heteroatoms. The Hall–Kier alpha value is -1.60. The number of nitrogens with two attached hydrogens (primary N) is 1. The molecule has 0 aromatic carbocycles. The molecule has 1 amide bonds. The number of anilines is 1. The normalized spacial score (nSPS) is 14.6. The molecule has 0 spiro atoms. The van der Waals surface area contributed by atoms with Crippen molar-refractivity contribution < 1.29 is 14.3 Å². The maximum absolute atomic E-state index is 11.9. The SMILES string of the molecule is COCCOCCNC(=O)c1n[nH]c(C2CC2)c1N. The van der Waals surface area contributed by atoms with E-state index in [9.17, 15) is 4.79 Å². The summed E-state index contributed by atoms with van der Waals surface area (Å²) in [5.41, 5.74) is 7.55. The van der Waals surface area contributed by atoms with Crippen LogP contribution in [0.1, 0.15) is 34.9 Å². The van der Waals surface area contributed by atoms with E-state index in [1.54, 1.807) is 7.11 Å². The molecule has 106 valence electrons. The van der Waals surface area contributed by atoms with E-state index in [2.05, 4.69) is 15.5 Å². The number of H-pyrrole nitrogens is 1. The van der Waals surface area contributed by atoms with Crippen molar-refractivity contribution in [3.8, 4) is 0 Å². The lowest BCUT2D eigenvalue weighted by Crippen LogP contribution is -2.28. The molecule has 19 heavy (non-hydrogen) atoms. The zero-order valence-corrected chi connectivity index (χ0v) is 11.1. The molecule has 0 bridgehead atoms. The molecule has 1 heterocycles. The molecule has 0 unspecified atom stereocenters.